The first-order valence-electron chi connectivity index (χ1n) is 5.73. The molecule has 0 aliphatic carbocycles. The van der Waals surface area contributed by atoms with E-state index < -0.39 is 0 Å². The minimum atomic E-state index is -0.191. The number of carbonyl (C=O) groups excluding carboxylic acids is 2. The number of amides is 2. The molecule has 0 spiro atoms. The molecule has 1 aliphatic heterocycles. The van der Waals surface area contributed by atoms with Gasteiger partial charge in [-0.05, 0) is 18.1 Å². The molecular formula is C13H16N2O2. The number of imide groups is 1. The van der Waals surface area contributed by atoms with E-state index in [1.54, 1.807) is 19.2 Å². The van der Waals surface area contributed by atoms with Crippen molar-refractivity contribution in [3.8, 4) is 0 Å². The highest BCUT2D eigenvalue weighted by atomic mass is 16.2. The van der Waals surface area contributed by atoms with Gasteiger partial charge in [0.05, 0.1) is 11.1 Å². The van der Waals surface area contributed by atoms with E-state index in [1.807, 2.05) is 19.9 Å². The number of nitrogens with zero attached hydrogens (tertiary/aromatic N) is 1. The number of nitrogens with one attached hydrogen (secondary N) is 1. The molecule has 0 fully saturated rings. The SMILES string of the molecule is CNc1cccc2c1C(=O)N(CC(C)C)C2=O. The molecule has 2 rings (SSSR count). The van der Waals surface area contributed by atoms with Crippen molar-refractivity contribution in [2.75, 3.05) is 18.9 Å². The van der Waals surface area contributed by atoms with Crippen molar-refractivity contribution in [1.29, 1.82) is 0 Å². The lowest BCUT2D eigenvalue weighted by molar-refractivity contribution is 0.0636. The van der Waals surface area contributed by atoms with Crippen LogP contribution in [0.5, 0.6) is 0 Å². The third-order valence-electron chi connectivity index (χ3n) is 2.82. The van der Waals surface area contributed by atoms with Crippen LogP contribution in [0.15, 0.2) is 18.2 Å². The topological polar surface area (TPSA) is 49.4 Å². The molecule has 0 radical (unpaired) electrons. The highest BCUT2D eigenvalue weighted by molar-refractivity contribution is 6.23. The molecule has 4 heteroatoms. The first kappa shape index (κ1) is 11.6. The van der Waals surface area contributed by atoms with Gasteiger partial charge in [0, 0.05) is 19.3 Å². The summed E-state index contributed by atoms with van der Waals surface area (Å²) in [7, 11) is 1.75. The smallest absolute Gasteiger partial charge is 0.263 e. The second-order valence-electron chi connectivity index (χ2n) is 4.59. The van der Waals surface area contributed by atoms with Crippen LogP contribution in [-0.2, 0) is 0 Å². The highest BCUT2D eigenvalue weighted by Crippen LogP contribution is 2.29. The van der Waals surface area contributed by atoms with E-state index in [0.717, 1.165) is 0 Å². The fourth-order valence-corrected chi connectivity index (χ4v) is 2.07. The third-order valence-corrected chi connectivity index (χ3v) is 2.82. The Hall–Kier alpha value is -1.84. The second-order valence-corrected chi connectivity index (χ2v) is 4.59. The molecule has 0 atom stereocenters. The van der Waals surface area contributed by atoms with E-state index in [4.69, 9.17) is 0 Å². The zero-order chi connectivity index (χ0) is 12.6. The molecule has 2 amide bonds. The van der Waals surface area contributed by atoms with Gasteiger partial charge in [-0.1, -0.05) is 19.9 Å². The first-order chi connectivity index (χ1) is 8.06. The summed E-state index contributed by atoms with van der Waals surface area (Å²) < 4.78 is 0. The standard InChI is InChI=1S/C13H16N2O2/c1-8(2)7-15-12(16)9-5-4-6-10(14-3)11(9)13(15)17/h4-6,8,14H,7H2,1-3H3. The lowest BCUT2D eigenvalue weighted by Gasteiger charge is -2.16. The minimum absolute atomic E-state index is 0.184. The molecule has 1 aliphatic rings. The Kier molecular flexibility index (Phi) is 2.88. The van der Waals surface area contributed by atoms with E-state index in [0.29, 0.717) is 23.4 Å². The van der Waals surface area contributed by atoms with Crippen molar-refractivity contribution in [3.05, 3.63) is 29.3 Å². The zero-order valence-electron chi connectivity index (χ0n) is 10.3. The average Bonchev–Trinajstić information content (AvgIpc) is 2.54. The van der Waals surface area contributed by atoms with E-state index in [2.05, 4.69) is 5.32 Å². The molecule has 1 aromatic carbocycles. The van der Waals surface area contributed by atoms with Gasteiger partial charge in [0.15, 0.2) is 0 Å². The van der Waals surface area contributed by atoms with Crippen LogP contribution in [0.3, 0.4) is 0 Å². The summed E-state index contributed by atoms with van der Waals surface area (Å²) in [5.41, 5.74) is 1.72. The van der Waals surface area contributed by atoms with E-state index in [1.165, 1.54) is 4.90 Å². The Morgan fingerprint density at radius 1 is 1.24 bits per heavy atom. The van der Waals surface area contributed by atoms with Gasteiger partial charge in [0.2, 0.25) is 0 Å². The predicted molar refractivity (Wildman–Crippen MR) is 66.2 cm³/mol. The number of hydrogen-bond acceptors (Lipinski definition) is 3. The Morgan fingerprint density at radius 3 is 2.53 bits per heavy atom. The molecule has 0 saturated carbocycles. The highest BCUT2D eigenvalue weighted by Gasteiger charge is 2.37. The normalized spacial score (nSPS) is 14.5. The van der Waals surface area contributed by atoms with Crippen molar-refractivity contribution < 1.29 is 9.59 Å². The van der Waals surface area contributed by atoms with Crippen molar-refractivity contribution in [2.24, 2.45) is 5.92 Å². The number of hydrogen-bond donors (Lipinski definition) is 1. The fourth-order valence-electron chi connectivity index (χ4n) is 2.07. The van der Waals surface area contributed by atoms with Gasteiger partial charge in [-0.15, -0.1) is 0 Å². The molecule has 1 heterocycles. The van der Waals surface area contributed by atoms with Gasteiger partial charge in [-0.3, -0.25) is 14.5 Å². The van der Waals surface area contributed by atoms with Gasteiger partial charge in [0.1, 0.15) is 0 Å². The van der Waals surface area contributed by atoms with Crippen molar-refractivity contribution in [3.63, 3.8) is 0 Å². The molecule has 90 valence electrons. The summed E-state index contributed by atoms with van der Waals surface area (Å²) in [6.45, 7) is 4.44. The fraction of sp³-hybridized carbons (Fsp3) is 0.385. The maximum Gasteiger partial charge on any atom is 0.263 e. The number of fused-ring (bicyclic) bond motifs is 1. The number of rotatable bonds is 3. The van der Waals surface area contributed by atoms with Crippen LogP contribution in [0.1, 0.15) is 34.6 Å². The van der Waals surface area contributed by atoms with Gasteiger partial charge in [-0.2, -0.15) is 0 Å². The summed E-state index contributed by atoms with van der Waals surface area (Å²) >= 11 is 0. The molecule has 1 N–H and O–H groups in total. The summed E-state index contributed by atoms with van der Waals surface area (Å²) in [5, 5.41) is 2.95. The Bertz CT molecular complexity index is 480. The van der Waals surface area contributed by atoms with Gasteiger partial charge in [0.25, 0.3) is 11.8 Å². The predicted octanol–water partition coefficient (Wildman–Crippen LogP) is 1.98. The van der Waals surface area contributed by atoms with E-state index >= 15 is 0 Å². The lowest BCUT2D eigenvalue weighted by Crippen LogP contribution is -2.33. The number of benzene rings is 1. The third kappa shape index (κ3) is 1.79. The quantitative estimate of drug-likeness (QED) is 0.811. The van der Waals surface area contributed by atoms with E-state index in [-0.39, 0.29) is 17.7 Å². The minimum Gasteiger partial charge on any atom is -0.387 e. The summed E-state index contributed by atoms with van der Waals surface area (Å²) in [6, 6.07) is 5.30. The molecule has 0 bridgehead atoms. The summed E-state index contributed by atoms with van der Waals surface area (Å²) in [5.74, 6) is -0.102. The van der Waals surface area contributed by atoms with Gasteiger partial charge >= 0.3 is 0 Å². The van der Waals surface area contributed by atoms with Crippen LogP contribution < -0.4 is 5.32 Å². The summed E-state index contributed by atoms with van der Waals surface area (Å²) in [4.78, 5) is 25.6. The number of carbonyl (C=O) groups is 2. The monoisotopic (exact) mass is 232 g/mol. The molecule has 1 aromatic rings. The van der Waals surface area contributed by atoms with Crippen LogP contribution in [0.25, 0.3) is 0 Å². The van der Waals surface area contributed by atoms with Crippen LogP contribution in [0.2, 0.25) is 0 Å². The van der Waals surface area contributed by atoms with Gasteiger partial charge < -0.3 is 5.32 Å². The lowest BCUT2D eigenvalue weighted by atomic mass is 10.1. The Balaban J connectivity index is 2.45. The van der Waals surface area contributed by atoms with Crippen molar-refractivity contribution in [1.82, 2.24) is 4.90 Å². The Morgan fingerprint density at radius 2 is 1.94 bits per heavy atom. The maximum absolute atomic E-state index is 12.2. The molecule has 17 heavy (non-hydrogen) atoms. The number of anilines is 1. The first-order valence-corrected chi connectivity index (χ1v) is 5.73. The van der Waals surface area contributed by atoms with Crippen LogP contribution in [0.4, 0.5) is 5.69 Å². The average molecular weight is 232 g/mol. The summed E-state index contributed by atoms with van der Waals surface area (Å²) in [6.07, 6.45) is 0. The van der Waals surface area contributed by atoms with Crippen LogP contribution >= 0.6 is 0 Å². The molecule has 0 unspecified atom stereocenters. The molecule has 4 nitrogen and oxygen atoms in total. The van der Waals surface area contributed by atoms with Gasteiger partial charge in [-0.25, -0.2) is 0 Å². The zero-order valence-corrected chi connectivity index (χ0v) is 10.3. The maximum atomic E-state index is 12.2. The van der Waals surface area contributed by atoms with Crippen LogP contribution in [-0.4, -0.2) is 30.3 Å². The molecular weight excluding hydrogens is 216 g/mol. The molecule has 0 aromatic heterocycles. The Labute approximate surface area is 101 Å². The van der Waals surface area contributed by atoms with Crippen molar-refractivity contribution in [2.45, 2.75) is 13.8 Å². The van der Waals surface area contributed by atoms with E-state index in [9.17, 15) is 9.59 Å². The van der Waals surface area contributed by atoms with Crippen molar-refractivity contribution >= 4 is 17.5 Å². The van der Waals surface area contributed by atoms with Crippen LogP contribution in [0, 0.1) is 5.92 Å². The largest absolute Gasteiger partial charge is 0.387 e. The second kappa shape index (κ2) is 4.20. The molecule has 0 saturated heterocycles.